The molecule has 9 heteroatoms. The quantitative estimate of drug-likeness (QED) is 0.479. The summed E-state index contributed by atoms with van der Waals surface area (Å²) in [4.78, 5) is 61.6. The molecule has 8 nitrogen and oxygen atoms in total. The van der Waals surface area contributed by atoms with Crippen LogP contribution in [0, 0.1) is 5.82 Å². The molecule has 0 atom stereocenters. The SMILES string of the molecule is CC(=O)Nc1ccc(C(=O)CN2C(=O)C(=O)N(C3CCCC3)C2=O)c(F)c1. The number of nitrogens with zero attached hydrogens (tertiary/aromatic N) is 2. The Balaban J connectivity index is 1.75. The zero-order valence-electron chi connectivity index (χ0n) is 14.7. The number of amides is 5. The minimum absolute atomic E-state index is 0.174. The van der Waals surface area contributed by atoms with Crippen LogP contribution < -0.4 is 5.32 Å². The lowest BCUT2D eigenvalue weighted by Gasteiger charge is -2.20. The third-order valence-corrected chi connectivity index (χ3v) is 4.67. The van der Waals surface area contributed by atoms with Gasteiger partial charge in [0.25, 0.3) is 0 Å². The van der Waals surface area contributed by atoms with E-state index < -0.39 is 41.9 Å². The minimum Gasteiger partial charge on any atom is -0.326 e. The Labute approximate surface area is 154 Å². The number of halogens is 1. The van der Waals surface area contributed by atoms with Crippen molar-refractivity contribution in [1.29, 1.82) is 0 Å². The van der Waals surface area contributed by atoms with Crippen LogP contribution in [0.3, 0.4) is 0 Å². The van der Waals surface area contributed by atoms with Crippen molar-refractivity contribution in [3.63, 3.8) is 0 Å². The van der Waals surface area contributed by atoms with Crippen molar-refractivity contribution in [2.75, 3.05) is 11.9 Å². The smallest absolute Gasteiger partial charge is 0.326 e. The second-order valence-electron chi connectivity index (χ2n) is 6.59. The van der Waals surface area contributed by atoms with Crippen LogP contribution in [-0.4, -0.2) is 51.9 Å². The molecule has 0 unspecified atom stereocenters. The van der Waals surface area contributed by atoms with Crippen LogP contribution in [0.4, 0.5) is 14.9 Å². The Morgan fingerprint density at radius 3 is 2.41 bits per heavy atom. The number of hydrogen-bond acceptors (Lipinski definition) is 5. The first-order chi connectivity index (χ1) is 12.8. The topological polar surface area (TPSA) is 104 Å². The van der Waals surface area contributed by atoms with Crippen molar-refractivity contribution in [3.05, 3.63) is 29.6 Å². The Morgan fingerprint density at radius 1 is 1.15 bits per heavy atom. The largest absolute Gasteiger partial charge is 0.334 e. The summed E-state index contributed by atoms with van der Waals surface area (Å²) < 4.78 is 14.2. The van der Waals surface area contributed by atoms with Crippen LogP contribution in [0.2, 0.25) is 0 Å². The van der Waals surface area contributed by atoms with Gasteiger partial charge >= 0.3 is 17.8 Å². The number of hydrogen-bond donors (Lipinski definition) is 1. The molecule has 1 aromatic rings. The molecular weight excluding hydrogens is 357 g/mol. The molecule has 0 bridgehead atoms. The number of anilines is 1. The highest BCUT2D eigenvalue weighted by atomic mass is 19.1. The first-order valence-corrected chi connectivity index (χ1v) is 8.59. The van der Waals surface area contributed by atoms with Gasteiger partial charge < -0.3 is 5.32 Å². The van der Waals surface area contributed by atoms with Gasteiger partial charge in [-0.1, -0.05) is 12.8 Å². The van der Waals surface area contributed by atoms with Gasteiger partial charge in [-0.3, -0.25) is 24.1 Å². The van der Waals surface area contributed by atoms with E-state index in [1.54, 1.807) is 0 Å². The van der Waals surface area contributed by atoms with Crippen molar-refractivity contribution in [2.45, 2.75) is 38.6 Å². The van der Waals surface area contributed by atoms with Crippen molar-refractivity contribution in [3.8, 4) is 0 Å². The molecule has 142 valence electrons. The first kappa shape index (κ1) is 18.7. The highest BCUT2D eigenvalue weighted by molar-refractivity contribution is 6.45. The van der Waals surface area contributed by atoms with E-state index in [0.717, 1.165) is 29.9 Å². The van der Waals surface area contributed by atoms with E-state index in [9.17, 15) is 28.4 Å². The molecule has 1 saturated carbocycles. The number of benzene rings is 1. The van der Waals surface area contributed by atoms with Crippen LogP contribution in [0.5, 0.6) is 0 Å². The van der Waals surface area contributed by atoms with Crippen molar-refractivity contribution in [2.24, 2.45) is 0 Å². The average Bonchev–Trinajstić information content (AvgIpc) is 3.18. The molecule has 1 aromatic carbocycles. The second kappa shape index (κ2) is 7.26. The second-order valence-corrected chi connectivity index (χ2v) is 6.59. The number of nitrogens with one attached hydrogen (secondary N) is 1. The fourth-order valence-corrected chi connectivity index (χ4v) is 3.40. The lowest BCUT2D eigenvalue weighted by Crippen LogP contribution is -2.41. The molecule has 27 heavy (non-hydrogen) atoms. The molecule has 1 N–H and O–H groups in total. The predicted octanol–water partition coefficient (Wildman–Crippen LogP) is 1.70. The number of imide groups is 2. The minimum atomic E-state index is -1.07. The number of ketones is 1. The van der Waals surface area contributed by atoms with Gasteiger partial charge in [-0.05, 0) is 31.0 Å². The number of carbonyl (C=O) groups is 5. The van der Waals surface area contributed by atoms with Gasteiger partial charge in [0.1, 0.15) is 5.82 Å². The van der Waals surface area contributed by atoms with Crippen LogP contribution in [0.1, 0.15) is 43.0 Å². The summed E-state index contributed by atoms with van der Waals surface area (Å²) >= 11 is 0. The summed E-state index contributed by atoms with van der Waals surface area (Å²) in [6, 6.07) is 2.30. The molecule has 3 rings (SSSR count). The summed E-state index contributed by atoms with van der Waals surface area (Å²) in [5.74, 6) is -4.13. The molecule has 5 amide bonds. The maximum Gasteiger partial charge on any atom is 0.334 e. The van der Waals surface area contributed by atoms with Gasteiger partial charge in [-0.25, -0.2) is 14.1 Å². The Kier molecular flexibility index (Phi) is 5.02. The van der Waals surface area contributed by atoms with E-state index in [1.807, 2.05) is 0 Å². The summed E-state index contributed by atoms with van der Waals surface area (Å²) in [6.07, 6.45) is 2.99. The molecule has 1 aliphatic heterocycles. The molecule has 0 aromatic heterocycles. The zero-order valence-corrected chi connectivity index (χ0v) is 14.7. The lowest BCUT2D eigenvalue weighted by molar-refractivity contribution is -0.143. The first-order valence-electron chi connectivity index (χ1n) is 8.59. The van der Waals surface area contributed by atoms with E-state index in [4.69, 9.17) is 0 Å². The number of rotatable bonds is 5. The molecule has 1 aliphatic carbocycles. The van der Waals surface area contributed by atoms with E-state index in [2.05, 4.69) is 5.32 Å². The third-order valence-electron chi connectivity index (χ3n) is 4.67. The molecular formula is C18H18FN3O5. The molecule has 1 saturated heterocycles. The van der Waals surface area contributed by atoms with Gasteiger partial charge in [0.2, 0.25) is 5.91 Å². The molecule has 1 heterocycles. The van der Waals surface area contributed by atoms with Crippen LogP contribution >= 0.6 is 0 Å². The van der Waals surface area contributed by atoms with Crippen molar-refractivity contribution < 1.29 is 28.4 Å². The highest BCUT2D eigenvalue weighted by Gasteiger charge is 2.48. The summed E-state index contributed by atoms with van der Waals surface area (Å²) in [5, 5.41) is 2.38. The number of Topliss-reactive ketones (excluding diaryl/α,β-unsaturated/α-hetero) is 1. The molecule has 2 fully saturated rings. The zero-order chi connectivity index (χ0) is 19.7. The van der Waals surface area contributed by atoms with E-state index in [0.29, 0.717) is 17.7 Å². The van der Waals surface area contributed by atoms with Gasteiger partial charge in [0.15, 0.2) is 5.78 Å². The maximum atomic E-state index is 14.2. The number of urea groups is 1. The Morgan fingerprint density at radius 2 is 1.81 bits per heavy atom. The molecule has 0 radical (unpaired) electrons. The van der Waals surface area contributed by atoms with E-state index >= 15 is 0 Å². The molecule has 2 aliphatic rings. The predicted molar refractivity (Wildman–Crippen MR) is 91.2 cm³/mol. The lowest BCUT2D eigenvalue weighted by atomic mass is 10.1. The van der Waals surface area contributed by atoms with Crippen LogP contribution in [0.25, 0.3) is 0 Å². The summed E-state index contributed by atoms with van der Waals surface area (Å²) in [7, 11) is 0. The van der Waals surface area contributed by atoms with Gasteiger partial charge in [0.05, 0.1) is 12.1 Å². The monoisotopic (exact) mass is 375 g/mol. The van der Waals surface area contributed by atoms with Crippen molar-refractivity contribution in [1.82, 2.24) is 9.80 Å². The number of carbonyl (C=O) groups excluding carboxylic acids is 5. The summed E-state index contributed by atoms with van der Waals surface area (Å²) in [6.45, 7) is 0.539. The van der Waals surface area contributed by atoms with Crippen LogP contribution in [-0.2, 0) is 14.4 Å². The normalized spacial score (nSPS) is 17.8. The average molecular weight is 375 g/mol. The molecule has 0 spiro atoms. The van der Waals surface area contributed by atoms with E-state index in [1.165, 1.54) is 13.0 Å². The Hall–Kier alpha value is -3.10. The highest BCUT2D eigenvalue weighted by Crippen LogP contribution is 2.28. The van der Waals surface area contributed by atoms with E-state index in [-0.39, 0.29) is 17.3 Å². The van der Waals surface area contributed by atoms with Gasteiger partial charge in [0, 0.05) is 18.7 Å². The maximum absolute atomic E-state index is 14.2. The standard InChI is InChI=1S/C18H18FN3O5/c1-10(23)20-11-6-7-13(14(19)8-11)15(24)9-21-16(25)17(26)22(18(21)27)12-4-2-3-5-12/h6-8,12H,2-5,9H2,1H3,(H,20,23). The fraction of sp³-hybridized carbons (Fsp3) is 0.389. The van der Waals surface area contributed by atoms with Crippen molar-refractivity contribution >= 4 is 35.2 Å². The summed E-state index contributed by atoms with van der Waals surface area (Å²) in [5.41, 5.74) is -0.163. The van der Waals surface area contributed by atoms with Gasteiger partial charge in [-0.15, -0.1) is 0 Å². The van der Waals surface area contributed by atoms with Gasteiger partial charge in [-0.2, -0.15) is 0 Å². The third kappa shape index (κ3) is 3.57. The fourth-order valence-electron chi connectivity index (χ4n) is 3.40. The Bertz CT molecular complexity index is 847. The van der Waals surface area contributed by atoms with Crippen LogP contribution in [0.15, 0.2) is 18.2 Å².